The molecule has 0 spiro atoms. The SMILES string of the molecule is CCNS(=O)(=O)CCNS(=O)(=O)CCCCl. The molecule has 0 unspecified atom stereocenters. The number of alkyl halides is 1. The Hall–Kier alpha value is 0.110. The zero-order valence-corrected chi connectivity index (χ0v) is 11.5. The summed E-state index contributed by atoms with van der Waals surface area (Å²) in [4.78, 5) is 0. The van der Waals surface area contributed by atoms with E-state index in [1.54, 1.807) is 6.92 Å². The third kappa shape index (κ3) is 8.28. The van der Waals surface area contributed by atoms with Gasteiger partial charge in [0.2, 0.25) is 20.0 Å². The molecule has 0 aromatic carbocycles. The highest BCUT2D eigenvalue weighted by Gasteiger charge is 2.12. The standard InChI is InChI=1S/C7H17ClN2O4S2/c1-2-9-16(13,14)7-5-10-15(11,12)6-3-4-8/h9-10H,2-7H2,1H3. The van der Waals surface area contributed by atoms with Crippen molar-refractivity contribution in [3.8, 4) is 0 Å². The van der Waals surface area contributed by atoms with Gasteiger partial charge in [-0.15, -0.1) is 11.6 Å². The Labute approximate surface area is 102 Å². The third-order valence-corrected chi connectivity index (χ3v) is 4.81. The number of rotatable bonds is 9. The van der Waals surface area contributed by atoms with Crippen LogP contribution in [0.3, 0.4) is 0 Å². The summed E-state index contributed by atoms with van der Waals surface area (Å²) in [6.45, 7) is 1.82. The molecule has 2 N–H and O–H groups in total. The van der Waals surface area contributed by atoms with E-state index in [9.17, 15) is 16.8 Å². The predicted molar refractivity (Wildman–Crippen MR) is 64.6 cm³/mol. The van der Waals surface area contributed by atoms with E-state index >= 15 is 0 Å². The Kier molecular flexibility index (Phi) is 7.49. The molecule has 0 amide bonds. The van der Waals surface area contributed by atoms with Gasteiger partial charge in [-0.2, -0.15) is 0 Å². The maximum absolute atomic E-state index is 11.2. The summed E-state index contributed by atoms with van der Waals surface area (Å²) < 4.78 is 49.3. The molecule has 0 radical (unpaired) electrons. The molecule has 16 heavy (non-hydrogen) atoms. The minimum Gasteiger partial charge on any atom is -0.215 e. The molecule has 0 aliphatic carbocycles. The lowest BCUT2D eigenvalue weighted by Crippen LogP contribution is -2.35. The molecule has 0 bridgehead atoms. The fourth-order valence-electron chi connectivity index (χ4n) is 0.940. The van der Waals surface area contributed by atoms with Gasteiger partial charge in [-0.1, -0.05) is 6.92 Å². The van der Waals surface area contributed by atoms with Crippen molar-refractivity contribution in [3.63, 3.8) is 0 Å². The highest BCUT2D eigenvalue weighted by Crippen LogP contribution is 1.92. The molecule has 0 fully saturated rings. The molecule has 0 atom stereocenters. The van der Waals surface area contributed by atoms with Crippen molar-refractivity contribution in [2.24, 2.45) is 0 Å². The Bertz CT molecular complexity index is 379. The van der Waals surface area contributed by atoms with Crippen LogP contribution >= 0.6 is 11.6 Å². The number of hydrogen-bond donors (Lipinski definition) is 2. The van der Waals surface area contributed by atoms with Crippen LogP contribution in [-0.4, -0.2) is 47.3 Å². The second-order valence-electron chi connectivity index (χ2n) is 3.07. The van der Waals surface area contributed by atoms with E-state index < -0.39 is 20.0 Å². The Balaban J connectivity index is 3.98. The molecule has 9 heteroatoms. The fourth-order valence-corrected chi connectivity index (χ4v) is 3.40. The molecule has 0 saturated carbocycles. The van der Waals surface area contributed by atoms with Gasteiger partial charge in [0.15, 0.2) is 0 Å². The molecule has 0 aliphatic heterocycles. The number of halogens is 1. The van der Waals surface area contributed by atoms with Gasteiger partial charge >= 0.3 is 0 Å². The zero-order chi connectivity index (χ0) is 12.7. The van der Waals surface area contributed by atoms with Crippen LogP contribution < -0.4 is 9.44 Å². The van der Waals surface area contributed by atoms with Crippen LogP contribution in [0.2, 0.25) is 0 Å². The quantitative estimate of drug-likeness (QED) is 0.559. The van der Waals surface area contributed by atoms with Gasteiger partial charge in [-0.25, -0.2) is 26.3 Å². The molecule has 0 aromatic heterocycles. The summed E-state index contributed by atoms with van der Waals surface area (Å²) in [6, 6.07) is 0. The van der Waals surface area contributed by atoms with E-state index in [1.165, 1.54) is 0 Å². The summed E-state index contributed by atoms with van der Waals surface area (Å²) in [6.07, 6.45) is 0.344. The topological polar surface area (TPSA) is 92.3 Å². The second kappa shape index (κ2) is 7.44. The first kappa shape index (κ1) is 16.1. The zero-order valence-electron chi connectivity index (χ0n) is 9.07. The van der Waals surface area contributed by atoms with Crippen LogP contribution in [0, 0.1) is 0 Å². The van der Waals surface area contributed by atoms with Gasteiger partial charge in [0, 0.05) is 19.0 Å². The normalized spacial score (nSPS) is 12.9. The molecule has 98 valence electrons. The summed E-state index contributed by atoms with van der Waals surface area (Å²) >= 11 is 5.36. The maximum Gasteiger partial charge on any atom is 0.212 e. The summed E-state index contributed by atoms with van der Waals surface area (Å²) in [5, 5.41) is 0. The monoisotopic (exact) mass is 292 g/mol. The van der Waals surface area contributed by atoms with Crippen molar-refractivity contribution in [1.82, 2.24) is 9.44 Å². The molecule has 0 aromatic rings. The lowest BCUT2D eigenvalue weighted by atomic mass is 10.6. The predicted octanol–water partition coefficient (Wildman–Crippen LogP) is -0.526. The molecular formula is C7H17ClN2O4S2. The molecule has 0 heterocycles. The Morgan fingerprint density at radius 2 is 1.56 bits per heavy atom. The van der Waals surface area contributed by atoms with E-state index in [-0.39, 0.29) is 23.9 Å². The van der Waals surface area contributed by atoms with Crippen molar-refractivity contribution in [2.45, 2.75) is 13.3 Å². The average Bonchev–Trinajstić information content (AvgIpc) is 2.14. The minimum atomic E-state index is -3.41. The van der Waals surface area contributed by atoms with Crippen LogP contribution in [0.4, 0.5) is 0 Å². The Morgan fingerprint density at radius 3 is 2.06 bits per heavy atom. The van der Waals surface area contributed by atoms with Gasteiger partial charge in [-0.05, 0) is 6.42 Å². The van der Waals surface area contributed by atoms with Crippen molar-refractivity contribution < 1.29 is 16.8 Å². The molecular weight excluding hydrogens is 276 g/mol. The number of hydrogen-bond acceptors (Lipinski definition) is 4. The fraction of sp³-hybridized carbons (Fsp3) is 1.00. The van der Waals surface area contributed by atoms with Crippen LogP contribution in [-0.2, 0) is 20.0 Å². The highest BCUT2D eigenvalue weighted by atomic mass is 35.5. The van der Waals surface area contributed by atoms with Crippen LogP contribution in [0.25, 0.3) is 0 Å². The highest BCUT2D eigenvalue weighted by molar-refractivity contribution is 7.90. The number of sulfonamides is 2. The van der Waals surface area contributed by atoms with Crippen LogP contribution in [0.15, 0.2) is 0 Å². The molecule has 6 nitrogen and oxygen atoms in total. The smallest absolute Gasteiger partial charge is 0.212 e. The third-order valence-electron chi connectivity index (χ3n) is 1.60. The first-order chi connectivity index (χ1) is 7.33. The van der Waals surface area contributed by atoms with Crippen molar-refractivity contribution in [2.75, 3.05) is 30.5 Å². The first-order valence-electron chi connectivity index (χ1n) is 4.83. The first-order valence-corrected chi connectivity index (χ1v) is 8.67. The summed E-state index contributed by atoms with van der Waals surface area (Å²) in [5.74, 6) is -0.0880. The van der Waals surface area contributed by atoms with Crippen molar-refractivity contribution >= 4 is 31.6 Å². The second-order valence-corrected chi connectivity index (χ2v) is 7.30. The lowest BCUT2D eigenvalue weighted by Gasteiger charge is -2.06. The molecule has 0 rings (SSSR count). The van der Waals surface area contributed by atoms with Gasteiger partial charge in [-0.3, -0.25) is 0 Å². The van der Waals surface area contributed by atoms with E-state index in [1.807, 2.05) is 0 Å². The molecule has 0 aliphatic rings. The van der Waals surface area contributed by atoms with Crippen LogP contribution in [0.5, 0.6) is 0 Å². The summed E-state index contributed by atoms with van der Waals surface area (Å²) in [7, 11) is -6.79. The van der Waals surface area contributed by atoms with Gasteiger partial charge in [0.1, 0.15) is 0 Å². The van der Waals surface area contributed by atoms with E-state index in [0.717, 1.165) is 0 Å². The van der Waals surface area contributed by atoms with Gasteiger partial charge in [0.25, 0.3) is 0 Å². The minimum absolute atomic E-state index is 0.0856. The van der Waals surface area contributed by atoms with Gasteiger partial charge in [0.05, 0.1) is 11.5 Å². The van der Waals surface area contributed by atoms with Crippen LogP contribution in [0.1, 0.15) is 13.3 Å². The van der Waals surface area contributed by atoms with Gasteiger partial charge < -0.3 is 0 Å². The number of nitrogens with one attached hydrogen (secondary N) is 2. The van der Waals surface area contributed by atoms with E-state index in [0.29, 0.717) is 13.0 Å². The van der Waals surface area contributed by atoms with E-state index in [4.69, 9.17) is 11.6 Å². The maximum atomic E-state index is 11.2. The molecule has 0 saturated heterocycles. The average molecular weight is 293 g/mol. The van der Waals surface area contributed by atoms with Crippen molar-refractivity contribution in [1.29, 1.82) is 0 Å². The lowest BCUT2D eigenvalue weighted by molar-refractivity contribution is 0.576. The summed E-state index contributed by atoms with van der Waals surface area (Å²) in [5.41, 5.74) is 0. The van der Waals surface area contributed by atoms with Crippen molar-refractivity contribution in [3.05, 3.63) is 0 Å². The van der Waals surface area contributed by atoms with E-state index in [2.05, 4.69) is 9.44 Å². The Morgan fingerprint density at radius 1 is 1.00 bits per heavy atom. The largest absolute Gasteiger partial charge is 0.215 e.